The van der Waals surface area contributed by atoms with E-state index in [-0.39, 0.29) is 19.5 Å². The van der Waals surface area contributed by atoms with Gasteiger partial charge in [0.05, 0.1) is 0 Å². The second-order valence-electron chi connectivity index (χ2n) is 12.6. The van der Waals surface area contributed by atoms with Gasteiger partial charge in [0, 0.05) is 25.6 Å². The largest absolute Gasteiger partial charge is 0.461 e. The zero-order valence-corrected chi connectivity index (χ0v) is 28.6. The maximum Gasteiger partial charge on any atom is 0.328 e. The maximum atomic E-state index is 14.1. The van der Waals surface area contributed by atoms with Gasteiger partial charge < -0.3 is 35.8 Å². The summed E-state index contributed by atoms with van der Waals surface area (Å²) in [5.74, 6) is -4.34. The number of hydrogen-bond donors (Lipinski definition) is 4. The number of carbonyl (C=O) groups excluding carboxylic acids is 7. The number of cyclic esters (lactones) is 1. The second-order valence-corrected chi connectivity index (χ2v) is 12.6. The average Bonchev–Trinajstić information content (AvgIpc) is 3.80. The molecule has 268 valence electrons. The molecule has 0 bridgehead atoms. The van der Waals surface area contributed by atoms with Crippen molar-refractivity contribution in [2.75, 3.05) is 19.7 Å². The Hall–Kier alpha value is -5.27. The Morgan fingerprint density at radius 2 is 1.50 bits per heavy atom. The molecule has 0 aromatic heterocycles. The Kier molecular flexibility index (Phi) is 13.5. The standard InChI is InChI=1S/C36H46N6O8/c1-4-5-6-7-11-18-30(43)39-26(21-25-14-9-8-10-15-25)32(45)40-27-22-50-36(49)29-17-13-20-42(29)34(47)24(3)38-31(44)23(2)37-33(46)28-16-12-19-41(28)35(27)48/h4-11,14-15,18,23-24,26-29H,12-13,16-17,19-22H2,1-3H3,(H,37,46)(H,38,44)(H,39,43)(H,40,45)/b5-4+,7-6+,18-11+/t23-,24-,26-,27-,28-,29-/m0/s1. The van der Waals surface area contributed by atoms with Crippen molar-refractivity contribution in [3.63, 3.8) is 0 Å². The van der Waals surface area contributed by atoms with E-state index in [1.165, 1.54) is 35.8 Å². The smallest absolute Gasteiger partial charge is 0.328 e. The van der Waals surface area contributed by atoms with Gasteiger partial charge in [0.2, 0.25) is 35.4 Å². The molecular weight excluding hydrogens is 644 g/mol. The first-order valence-electron chi connectivity index (χ1n) is 17.0. The van der Waals surface area contributed by atoms with Gasteiger partial charge in [-0.05, 0) is 52.0 Å². The van der Waals surface area contributed by atoms with Crippen molar-refractivity contribution < 1.29 is 38.3 Å². The molecule has 3 heterocycles. The van der Waals surface area contributed by atoms with Crippen LogP contribution in [-0.2, 0) is 44.7 Å². The second kappa shape index (κ2) is 17.9. The van der Waals surface area contributed by atoms with Crippen molar-refractivity contribution in [2.24, 2.45) is 0 Å². The van der Waals surface area contributed by atoms with Crippen LogP contribution in [0.5, 0.6) is 0 Å². The quantitative estimate of drug-likeness (QED) is 0.172. The normalized spacial score (nSPS) is 26.1. The van der Waals surface area contributed by atoms with Crippen LogP contribution in [0.15, 0.2) is 66.8 Å². The summed E-state index contributed by atoms with van der Waals surface area (Å²) >= 11 is 0. The summed E-state index contributed by atoms with van der Waals surface area (Å²) in [5.41, 5.74) is 0.746. The number of rotatable bonds is 8. The Morgan fingerprint density at radius 3 is 2.20 bits per heavy atom. The van der Waals surface area contributed by atoms with Crippen LogP contribution in [0.2, 0.25) is 0 Å². The van der Waals surface area contributed by atoms with E-state index >= 15 is 0 Å². The first-order valence-corrected chi connectivity index (χ1v) is 17.0. The van der Waals surface area contributed by atoms with E-state index in [1.54, 1.807) is 42.5 Å². The highest BCUT2D eigenvalue weighted by molar-refractivity contribution is 5.98. The lowest BCUT2D eigenvalue weighted by molar-refractivity contribution is -0.157. The van der Waals surface area contributed by atoms with E-state index in [9.17, 15) is 33.6 Å². The number of nitrogens with one attached hydrogen (secondary N) is 4. The molecule has 3 aliphatic rings. The molecule has 1 aromatic rings. The lowest BCUT2D eigenvalue weighted by Crippen LogP contribution is -2.60. The molecule has 6 amide bonds. The highest BCUT2D eigenvalue weighted by Gasteiger charge is 2.42. The molecular formula is C36H46N6O8. The third kappa shape index (κ3) is 9.89. The Bertz CT molecular complexity index is 1530. The van der Waals surface area contributed by atoms with Gasteiger partial charge in [-0.3, -0.25) is 28.8 Å². The number of hydrogen-bond acceptors (Lipinski definition) is 8. The van der Waals surface area contributed by atoms with Crippen molar-refractivity contribution in [3.05, 3.63) is 72.4 Å². The predicted octanol–water partition coefficient (Wildman–Crippen LogP) is 0.435. The van der Waals surface area contributed by atoms with E-state index in [1.807, 2.05) is 19.1 Å². The monoisotopic (exact) mass is 690 g/mol. The fourth-order valence-electron chi connectivity index (χ4n) is 6.17. The summed E-state index contributed by atoms with van der Waals surface area (Å²) in [4.78, 5) is 96.4. The maximum absolute atomic E-state index is 14.1. The van der Waals surface area contributed by atoms with Crippen molar-refractivity contribution in [1.82, 2.24) is 31.1 Å². The third-order valence-electron chi connectivity index (χ3n) is 8.82. The molecule has 50 heavy (non-hydrogen) atoms. The van der Waals surface area contributed by atoms with Gasteiger partial charge in [-0.1, -0.05) is 60.7 Å². The topological polar surface area (TPSA) is 183 Å². The van der Waals surface area contributed by atoms with Crippen LogP contribution in [0, 0.1) is 0 Å². The summed E-state index contributed by atoms with van der Waals surface area (Å²) in [6.45, 7) is 4.72. The lowest BCUT2D eigenvalue weighted by atomic mass is 10.0. The number of benzene rings is 1. The first-order chi connectivity index (χ1) is 24.0. The minimum Gasteiger partial charge on any atom is -0.461 e. The summed E-state index contributed by atoms with van der Waals surface area (Å²) in [7, 11) is 0. The third-order valence-corrected chi connectivity index (χ3v) is 8.82. The van der Waals surface area contributed by atoms with Crippen molar-refractivity contribution in [1.29, 1.82) is 0 Å². The minimum absolute atomic E-state index is 0.0907. The van der Waals surface area contributed by atoms with E-state index in [0.29, 0.717) is 25.7 Å². The summed E-state index contributed by atoms with van der Waals surface area (Å²) < 4.78 is 5.61. The molecule has 0 aliphatic carbocycles. The Morgan fingerprint density at radius 1 is 0.860 bits per heavy atom. The summed E-state index contributed by atoms with van der Waals surface area (Å²) in [5, 5.41) is 10.6. The van der Waals surface area contributed by atoms with Crippen LogP contribution in [0.3, 0.4) is 0 Å². The van der Waals surface area contributed by atoms with Gasteiger partial charge in [0.15, 0.2) is 0 Å². The molecule has 3 aliphatic heterocycles. The lowest BCUT2D eigenvalue weighted by Gasteiger charge is -2.31. The molecule has 3 saturated heterocycles. The van der Waals surface area contributed by atoms with E-state index < -0.39 is 84.3 Å². The van der Waals surface area contributed by atoms with E-state index in [0.717, 1.165) is 5.56 Å². The first kappa shape index (κ1) is 37.5. The molecule has 14 nitrogen and oxygen atoms in total. The van der Waals surface area contributed by atoms with E-state index in [2.05, 4.69) is 21.3 Å². The number of amides is 6. The van der Waals surface area contributed by atoms with Crippen LogP contribution in [0.1, 0.15) is 52.0 Å². The number of esters is 1. The molecule has 1 aromatic carbocycles. The average molecular weight is 691 g/mol. The molecule has 0 unspecified atom stereocenters. The molecule has 4 rings (SSSR count). The Balaban J connectivity index is 1.62. The highest BCUT2D eigenvalue weighted by Crippen LogP contribution is 2.22. The fraction of sp³-hybridized carbons (Fsp3) is 0.472. The van der Waals surface area contributed by atoms with Crippen molar-refractivity contribution >= 4 is 41.4 Å². The molecule has 14 heteroatoms. The van der Waals surface area contributed by atoms with Gasteiger partial charge >= 0.3 is 5.97 Å². The van der Waals surface area contributed by atoms with Crippen LogP contribution >= 0.6 is 0 Å². The summed E-state index contributed by atoms with van der Waals surface area (Å²) in [6.07, 6.45) is 11.5. The number of allylic oxidation sites excluding steroid dienone is 5. The van der Waals surface area contributed by atoms with Crippen molar-refractivity contribution in [3.8, 4) is 0 Å². The SMILES string of the molecule is C/C=C/C=C/C=C/C(=O)N[C@@H](Cc1ccccc1)C(=O)N[C@H]1COC(=O)[C@@H]2CCCN2C(=O)[C@H](C)NC(=O)[C@H](C)NC(=O)[C@@H]2CCCN2C1=O. The fourth-order valence-corrected chi connectivity index (χ4v) is 6.17. The molecule has 0 saturated carbocycles. The van der Waals surface area contributed by atoms with Crippen molar-refractivity contribution in [2.45, 2.75) is 89.1 Å². The zero-order chi connectivity index (χ0) is 36.2. The van der Waals surface area contributed by atoms with Crippen LogP contribution in [0.4, 0.5) is 0 Å². The molecule has 4 N–H and O–H groups in total. The number of fused-ring (bicyclic) bond motifs is 2. The minimum atomic E-state index is -1.42. The number of nitrogens with zero attached hydrogens (tertiary/aromatic N) is 2. The zero-order valence-electron chi connectivity index (χ0n) is 28.6. The molecule has 3 fully saturated rings. The van der Waals surface area contributed by atoms with Gasteiger partial charge in [-0.2, -0.15) is 0 Å². The van der Waals surface area contributed by atoms with Gasteiger partial charge in [0.25, 0.3) is 0 Å². The van der Waals surface area contributed by atoms with Crippen LogP contribution in [0.25, 0.3) is 0 Å². The summed E-state index contributed by atoms with van der Waals surface area (Å²) in [6, 6.07) is 2.56. The number of ether oxygens (including phenoxy) is 1. The molecule has 0 spiro atoms. The molecule has 6 atom stereocenters. The van der Waals surface area contributed by atoms with Gasteiger partial charge in [-0.25, -0.2) is 4.79 Å². The van der Waals surface area contributed by atoms with E-state index in [4.69, 9.17) is 4.74 Å². The van der Waals surface area contributed by atoms with Gasteiger partial charge in [0.1, 0.15) is 42.9 Å². The number of carbonyl (C=O) groups is 7. The predicted molar refractivity (Wildman–Crippen MR) is 183 cm³/mol. The highest BCUT2D eigenvalue weighted by atomic mass is 16.5. The molecule has 0 radical (unpaired) electrons. The van der Waals surface area contributed by atoms with Crippen LogP contribution < -0.4 is 21.3 Å². The Labute approximate surface area is 291 Å². The van der Waals surface area contributed by atoms with Gasteiger partial charge in [-0.15, -0.1) is 0 Å². The van der Waals surface area contributed by atoms with Crippen LogP contribution in [-0.4, -0.2) is 107 Å².